The van der Waals surface area contributed by atoms with E-state index in [1.807, 2.05) is 54.6 Å². The third-order valence-corrected chi connectivity index (χ3v) is 7.01. The Morgan fingerprint density at radius 3 is 2.55 bits per heavy atom. The Kier molecular flexibility index (Phi) is 6.60. The van der Waals surface area contributed by atoms with Crippen molar-refractivity contribution in [3.05, 3.63) is 76.2 Å². The van der Waals surface area contributed by atoms with Crippen molar-refractivity contribution < 1.29 is 14.3 Å². The van der Waals surface area contributed by atoms with E-state index < -0.39 is 0 Å². The van der Waals surface area contributed by atoms with E-state index in [1.165, 1.54) is 16.4 Å². The van der Waals surface area contributed by atoms with Gasteiger partial charge in [0.15, 0.2) is 0 Å². The summed E-state index contributed by atoms with van der Waals surface area (Å²) in [6.07, 6.45) is 0.0804. The lowest BCUT2D eigenvalue weighted by Crippen LogP contribution is -2.32. The van der Waals surface area contributed by atoms with Crippen molar-refractivity contribution >= 4 is 29.3 Å². The van der Waals surface area contributed by atoms with Crippen LogP contribution in [0.1, 0.15) is 23.1 Å². The molecule has 1 fully saturated rings. The summed E-state index contributed by atoms with van der Waals surface area (Å²) in [5.74, 6) is 0.722. The molecule has 33 heavy (non-hydrogen) atoms. The van der Waals surface area contributed by atoms with Gasteiger partial charge in [-0.25, -0.2) is 4.68 Å². The van der Waals surface area contributed by atoms with Crippen LogP contribution in [0.4, 0.5) is 5.69 Å². The second kappa shape index (κ2) is 9.58. The number of ether oxygens (including phenoxy) is 1. The number of para-hydroxylation sites is 2. The molecule has 2 aromatic carbocycles. The maximum atomic E-state index is 13.0. The maximum Gasteiger partial charge on any atom is 0.295 e. The minimum atomic E-state index is -0.315. The van der Waals surface area contributed by atoms with Crippen LogP contribution in [0.2, 0.25) is 0 Å². The van der Waals surface area contributed by atoms with Gasteiger partial charge in [0, 0.05) is 25.6 Å². The van der Waals surface area contributed by atoms with Crippen LogP contribution in [0.5, 0.6) is 5.75 Å². The Hall–Kier alpha value is -3.46. The fourth-order valence-corrected chi connectivity index (χ4v) is 5.20. The van der Waals surface area contributed by atoms with Crippen LogP contribution in [0.3, 0.4) is 0 Å². The van der Waals surface area contributed by atoms with Gasteiger partial charge in [-0.05, 0) is 25.1 Å². The van der Waals surface area contributed by atoms with Gasteiger partial charge in [-0.1, -0.05) is 36.4 Å². The summed E-state index contributed by atoms with van der Waals surface area (Å²) in [6, 6.07) is 16.8. The summed E-state index contributed by atoms with van der Waals surface area (Å²) in [6.45, 7) is 2.04. The van der Waals surface area contributed by atoms with Crippen molar-refractivity contribution in [1.29, 1.82) is 0 Å². The minimum Gasteiger partial charge on any atom is -0.496 e. The van der Waals surface area contributed by atoms with Gasteiger partial charge in [0.05, 0.1) is 24.2 Å². The average molecular weight is 467 g/mol. The summed E-state index contributed by atoms with van der Waals surface area (Å²) in [5.41, 5.74) is 2.22. The summed E-state index contributed by atoms with van der Waals surface area (Å²) in [7, 11) is 3.37. The first kappa shape index (κ1) is 22.7. The van der Waals surface area contributed by atoms with Crippen LogP contribution < -0.4 is 15.6 Å². The van der Waals surface area contributed by atoms with Gasteiger partial charge >= 0.3 is 0 Å². The standard InChI is InChI=1S/C24H26N4O4S/c1-16-22(23(31)28(26(16)2)17-9-5-4-6-10-17)25-20(29)13-14-27-21(30)15-33-24(27)18-11-7-8-12-19(18)32-3/h4-12,24H,13-15H2,1-3H3,(H,25,29). The number of thioether (sulfide) groups is 1. The maximum absolute atomic E-state index is 13.0. The summed E-state index contributed by atoms with van der Waals surface area (Å²) < 4.78 is 8.68. The van der Waals surface area contributed by atoms with Crippen molar-refractivity contribution in [3.63, 3.8) is 0 Å². The highest BCUT2D eigenvalue weighted by Crippen LogP contribution is 2.42. The first-order valence-electron chi connectivity index (χ1n) is 10.6. The SMILES string of the molecule is COc1ccccc1C1SCC(=O)N1CCC(=O)Nc1c(C)n(C)n(-c2ccccc2)c1=O. The molecule has 1 N–H and O–H groups in total. The zero-order valence-electron chi connectivity index (χ0n) is 18.8. The highest BCUT2D eigenvalue weighted by atomic mass is 32.2. The number of amides is 2. The predicted octanol–water partition coefficient (Wildman–Crippen LogP) is 3.10. The molecule has 0 radical (unpaired) electrons. The second-order valence-corrected chi connectivity index (χ2v) is 8.80. The zero-order valence-corrected chi connectivity index (χ0v) is 19.6. The van der Waals surface area contributed by atoms with Gasteiger partial charge < -0.3 is 15.0 Å². The van der Waals surface area contributed by atoms with E-state index in [9.17, 15) is 14.4 Å². The van der Waals surface area contributed by atoms with Crippen molar-refractivity contribution in [1.82, 2.24) is 14.3 Å². The molecule has 1 unspecified atom stereocenters. The average Bonchev–Trinajstić information content (AvgIpc) is 3.30. The van der Waals surface area contributed by atoms with Crippen LogP contribution in [0, 0.1) is 6.92 Å². The molecule has 1 aliphatic heterocycles. The molecule has 9 heteroatoms. The van der Waals surface area contributed by atoms with E-state index in [2.05, 4.69) is 5.32 Å². The van der Waals surface area contributed by atoms with Gasteiger partial charge in [-0.3, -0.25) is 19.1 Å². The molecule has 8 nitrogen and oxygen atoms in total. The first-order chi connectivity index (χ1) is 15.9. The van der Waals surface area contributed by atoms with Crippen LogP contribution in [-0.2, 0) is 16.6 Å². The molecule has 172 valence electrons. The van der Waals surface area contributed by atoms with Crippen LogP contribution >= 0.6 is 11.8 Å². The van der Waals surface area contributed by atoms with Crippen molar-refractivity contribution in [2.24, 2.45) is 7.05 Å². The lowest BCUT2D eigenvalue weighted by atomic mass is 10.1. The Balaban J connectivity index is 1.49. The largest absolute Gasteiger partial charge is 0.496 e. The topological polar surface area (TPSA) is 85.6 Å². The summed E-state index contributed by atoms with van der Waals surface area (Å²) in [5, 5.41) is 2.55. The lowest BCUT2D eigenvalue weighted by molar-refractivity contribution is -0.128. The molecule has 1 atom stereocenters. The molecule has 0 bridgehead atoms. The molecule has 4 rings (SSSR count). The number of nitrogens with one attached hydrogen (secondary N) is 1. The Morgan fingerprint density at radius 1 is 1.12 bits per heavy atom. The molecule has 2 heterocycles. The Labute approximate surface area is 196 Å². The van der Waals surface area contributed by atoms with Gasteiger partial charge in [0.1, 0.15) is 16.8 Å². The molecule has 0 aliphatic carbocycles. The van der Waals surface area contributed by atoms with Crippen molar-refractivity contribution in [2.75, 3.05) is 24.7 Å². The van der Waals surface area contributed by atoms with Crippen molar-refractivity contribution in [3.8, 4) is 11.4 Å². The van der Waals surface area contributed by atoms with E-state index in [1.54, 1.807) is 30.7 Å². The number of rotatable bonds is 7. The number of carbonyl (C=O) groups is 2. The van der Waals surface area contributed by atoms with Crippen LogP contribution in [-0.4, -0.2) is 45.5 Å². The Morgan fingerprint density at radius 2 is 1.82 bits per heavy atom. The fraction of sp³-hybridized carbons (Fsp3) is 0.292. The zero-order chi connectivity index (χ0) is 23.5. The third kappa shape index (κ3) is 4.41. The molecule has 1 aromatic heterocycles. The van der Waals surface area contributed by atoms with E-state index in [0.717, 1.165) is 5.56 Å². The Bertz CT molecular complexity index is 1240. The number of hydrogen-bond acceptors (Lipinski definition) is 5. The molecule has 2 amide bonds. The normalized spacial score (nSPS) is 15.7. The van der Waals surface area contributed by atoms with E-state index in [4.69, 9.17) is 4.74 Å². The second-order valence-electron chi connectivity index (χ2n) is 7.73. The van der Waals surface area contributed by atoms with Gasteiger partial charge in [0.25, 0.3) is 5.56 Å². The van der Waals surface area contributed by atoms with Gasteiger partial charge in [0.2, 0.25) is 11.8 Å². The molecule has 0 spiro atoms. The fourth-order valence-electron chi connectivity index (χ4n) is 3.96. The number of nitrogens with zero attached hydrogens (tertiary/aromatic N) is 3. The molecular formula is C24H26N4O4S. The monoisotopic (exact) mass is 466 g/mol. The minimum absolute atomic E-state index is 0.0222. The van der Waals surface area contributed by atoms with Crippen LogP contribution in [0.15, 0.2) is 59.4 Å². The van der Waals surface area contributed by atoms with Gasteiger partial charge in [-0.15, -0.1) is 11.8 Å². The molecule has 3 aromatic rings. The number of hydrogen-bond donors (Lipinski definition) is 1. The molecular weight excluding hydrogens is 440 g/mol. The number of carbonyl (C=O) groups excluding carboxylic acids is 2. The molecule has 1 saturated heterocycles. The first-order valence-corrected chi connectivity index (χ1v) is 11.6. The highest BCUT2D eigenvalue weighted by molar-refractivity contribution is 8.00. The van der Waals surface area contributed by atoms with Crippen molar-refractivity contribution in [2.45, 2.75) is 18.7 Å². The lowest BCUT2D eigenvalue weighted by Gasteiger charge is -2.25. The molecule has 0 saturated carbocycles. The van der Waals surface area contributed by atoms with Gasteiger partial charge in [-0.2, -0.15) is 0 Å². The summed E-state index contributed by atoms with van der Waals surface area (Å²) in [4.78, 5) is 40.0. The number of aromatic nitrogens is 2. The smallest absolute Gasteiger partial charge is 0.295 e. The van der Waals surface area contributed by atoms with E-state index in [-0.39, 0.29) is 41.4 Å². The third-order valence-electron chi connectivity index (χ3n) is 5.77. The van der Waals surface area contributed by atoms with E-state index in [0.29, 0.717) is 22.9 Å². The number of anilines is 1. The summed E-state index contributed by atoms with van der Waals surface area (Å²) >= 11 is 1.51. The quantitative estimate of drug-likeness (QED) is 0.578. The van der Waals surface area contributed by atoms with Crippen LogP contribution in [0.25, 0.3) is 5.69 Å². The number of methoxy groups -OCH3 is 1. The highest BCUT2D eigenvalue weighted by Gasteiger charge is 2.34. The number of benzene rings is 2. The predicted molar refractivity (Wildman–Crippen MR) is 129 cm³/mol. The molecule has 1 aliphatic rings. The van der Waals surface area contributed by atoms with E-state index >= 15 is 0 Å².